The minimum Gasteiger partial charge on any atom is -0.462 e. The SMILES string of the molecule is CCCCCCCCCCCCCCCCCCCCC(=O)OC(CCCCCCCCCCCCCCC)CC(=O)NC(CO)C(O)CCCCCCCCCCC. The Kier molecular flexibility index (Phi) is 47.0. The van der Waals surface area contributed by atoms with E-state index in [9.17, 15) is 19.8 Å². The fourth-order valence-electron chi connectivity index (χ4n) is 8.61. The van der Waals surface area contributed by atoms with E-state index in [0.29, 0.717) is 19.3 Å². The molecule has 3 unspecified atom stereocenters. The molecule has 0 rings (SSSR count). The van der Waals surface area contributed by atoms with Crippen molar-refractivity contribution in [3.63, 3.8) is 0 Å². The van der Waals surface area contributed by atoms with Crippen LogP contribution >= 0.6 is 0 Å². The molecule has 0 aliphatic carbocycles. The molecule has 0 fully saturated rings. The smallest absolute Gasteiger partial charge is 0.306 e. The van der Waals surface area contributed by atoms with Gasteiger partial charge in [0, 0.05) is 6.42 Å². The number of hydrogen-bond acceptors (Lipinski definition) is 5. The van der Waals surface area contributed by atoms with E-state index >= 15 is 0 Å². The van der Waals surface area contributed by atoms with Gasteiger partial charge in [-0.3, -0.25) is 9.59 Å². The normalized spacial score (nSPS) is 13.1. The summed E-state index contributed by atoms with van der Waals surface area (Å²) in [5.74, 6) is -0.450. The van der Waals surface area contributed by atoms with E-state index in [-0.39, 0.29) is 24.9 Å². The van der Waals surface area contributed by atoms with Gasteiger partial charge >= 0.3 is 5.97 Å². The molecule has 0 radical (unpaired) electrons. The lowest BCUT2D eigenvalue weighted by Gasteiger charge is -2.24. The number of amides is 1. The highest BCUT2D eigenvalue weighted by molar-refractivity contribution is 5.77. The van der Waals surface area contributed by atoms with Crippen molar-refractivity contribution in [2.75, 3.05) is 6.61 Å². The molecule has 0 heterocycles. The number of nitrogens with one attached hydrogen (secondary N) is 1. The van der Waals surface area contributed by atoms with E-state index in [1.165, 1.54) is 218 Å². The minimum atomic E-state index is -0.778. The standard InChI is InChI=1S/C53H105NO5/c1-4-7-10-13-16-19-21-23-24-25-26-27-29-31-34-37-40-43-46-53(58)59-49(44-41-38-35-33-30-28-22-20-17-14-11-8-5-2)47-52(57)54-50(48-55)51(56)45-42-39-36-32-18-15-12-9-6-3/h49-51,55-56H,4-48H2,1-3H3,(H,54,57). The Morgan fingerprint density at radius 2 is 0.712 bits per heavy atom. The minimum absolute atomic E-state index is 0.0877. The highest BCUT2D eigenvalue weighted by atomic mass is 16.5. The number of esters is 1. The summed E-state index contributed by atoms with van der Waals surface area (Å²) >= 11 is 0. The van der Waals surface area contributed by atoms with E-state index in [0.717, 1.165) is 38.5 Å². The number of unbranched alkanes of at least 4 members (excludes halogenated alkanes) is 37. The van der Waals surface area contributed by atoms with E-state index in [1.54, 1.807) is 0 Å². The molecule has 59 heavy (non-hydrogen) atoms. The molecule has 352 valence electrons. The van der Waals surface area contributed by atoms with Crippen molar-refractivity contribution in [3.05, 3.63) is 0 Å². The number of rotatable bonds is 49. The lowest BCUT2D eigenvalue weighted by Crippen LogP contribution is -2.46. The van der Waals surface area contributed by atoms with E-state index in [1.807, 2.05) is 0 Å². The van der Waals surface area contributed by atoms with Crippen LogP contribution in [0.4, 0.5) is 0 Å². The van der Waals surface area contributed by atoms with Crippen LogP contribution < -0.4 is 5.32 Å². The summed E-state index contributed by atoms with van der Waals surface area (Å²) < 4.78 is 5.95. The van der Waals surface area contributed by atoms with Crippen LogP contribution in [-0.4, -0.2) is 46.9 Å². The van der Waals surface area contributed by atoms with Crippen LogP contribution in [0.5, 0.6) is 0 Å². The number of hydrogen-bond donors (Lipinski definition) is 3. The third kappa shape index (κ3) is 43.3. The van der Waals surface area contributed by atoms with Crippen molar-refractivity contribution in [2.45, 2.75) is 322 Å². The van der Waals surface area contributed by atoms with Crippen molar-refractivity contribution < 1.29 is 24.5 Å². The van der Waals surface area contributed by atoms with Crippen LogP contribution in [0.15, 0.2) is 0 Å². The van der Waals surface area contributed by atoms with Gasteiger partial charge in [-0.25, -0.2) is 0 Å². The molecule has 0 aliphatic rings. The van der Waals surface area contributed by atoms with Gasteiger partial charge in [0.1, 0.15) is 6.10 Å². The Labute approximate surface area is 368 Å². The predicted molar refractivity (Wildman–Crippen MR) is 255 cm³/mol. The third-order valence-electron chi connectivity index (χ3n) is 12.7. The van der Waals surface area contributed by atoms with Crippen LogP contribution in [-0.2, 0) is 14.3 Å². The van der Waals surface area contributed by atoms with Crippen LogP contribution in [0.1, 0.15) is 303 Å². The number of ether oxygens (including phenoxy) is 1. The largest absolute Gasteiger partial charge is 0.462 e. The second-order valence-electron chi connectivity index (χ2n) is 18.6. The maximum absolute atomic E-state index is 13.2. The van der Waals surface area contributed by atoms with Gasteiger partial charge < -0.3 is 20.3 Å². The molecule has 0 saturated heterocycles. The number of carbonyl (C=O) groups is 2. The summed E-state index contributed by atoms with van der Waals surface area (Å²) in [7, 11) is 0. The Balaban J connectivity index is 4.44. The quantitative estimate of drug-likeness (QED) is 0.0419. The third-order valence-corrected chi connectivity index (χ3v) is 12.7. The van der Waals surface area contributed by atoms with E-state index in [4.69, 9.17) is 4.74 Å². The number of aliphatic hydroxyl groups is 2. The molecule has 0 aromatic carbocycles. The maximum atomic E-state index is 13.2. The molecule has 0 spiro atoms. The molecule has 0 saturated carbocycles. The van der Waals surface area contributed by atoms with Gasteiger partial charge in [-0.05, 0) is 25.7 Å². The zero-order chi connectivity index (χ0) is 43.1. The first kappa shape index (κ1) is 57.9. The second kappa shape index (κ2) is 47.9. The van der Waals surface area contributed by atoms with Crippen molar-refractivity contribution >= 4 is 11.9 Å². The average Bonchev–Trinajstić information content (AvgIpc) is 3.23. The summed E-state index contributed by atoms with van der Waals surface area (Å²) in [5, 5.41) is 23.7. The second-order valence-corrected chi connectivity index (χ2v) is 18.6. The molecule has 3 atom stereocenters. The van der Waals surface area contributed by atoms with Crippen molar-refractivity contribution in [1.82, 2.24) is 5.32 Å². The number of carbonyl (C=O) groups excluding carboxylic acids is 2. The highest BCUT2D eigenvalue weighted by Gasteiger charge is 2.24. The molecule has 6 nitrogen and oxygen atoms in total. The van der Waals surface area contributed by atoms with Crippen LogP contribution in [0.3, 0.4) is 0 Å². The lowest BCUT2D eigenvalue weighted by atomic mass is 10.0. The monoisotopic (exact) mass is 836 g/mol. The topological polar surface area (TPSA) is 95.9 Å². The van der Waals surface area contributed by atoms with Gasteiger partial charge in [-0.1, -0.05) is 265 Å². The molecule has 3 N–H and O–H groups in total. The molecule has 0 aromatic heterocycles. The molecular formula is C53H105NO5. The lowest BCUT2D eigenvalue weighted by molar-refractivity contribution is -0.151. The zero-order valence-electron chi connectivity index (χ0n) is 40.2. The van der Waals surface area contributed by atoms with Crippen molar-refractivity contribution in [3.8, 4) is 0 Å². The summed E-state index contributed by atoms with van der Waals surface area (Å²) in [4.78, 5) is 26.1. The Morgan fingerprint density at radius 3 is 1.03 bits per heavy atom. The first-order chi connectivity index (χ1) is 29.0. The fraction of sp³-hybridized carbons (Fsp3) is 0.962. The molecule has 0 aliphatic heterocycles. The Morgan fingerprint density at radius 1 is 0.424 bits per heavy atom. The highest BCUT2D eigenvalue weighted by Crippen LogP contribution is 2.19. The summed E-state index contributed by atoms with van der Waals surface area (Å²) in [5.41, 5.74) is 0. The Bertz CT molecular complexity index is 852. The van der Waals surface area contributed by atoms with Gasteiger partial charge in [-0.2, -0.15) is 0 Å². The van der Waals surface area contributed by atoms with Crippen LogP contribution in [0.2, 0.25) is 0 Å². The van der Waals surface area contributed by atoms with Crippen molar-refractivity contribution in [1.29, 1.82) is 0 Å². The van der Waals surface area contributed by atoms with Crippen molar-refractivity contribution in [2.24, 2.45) is 0 Å². The van der Waals surface area contributed by atoms with E-state index < -0.39 is 18.2 Å². The van der Waals surface area contributed by atoms with Gasteiger partial charge in [0.15, 0.2) is 0 Å². The molecule has 0 aromatic rings. The Hall–Kier alpha value is -1.14. The van der Waals surface area contributed by atoms with E-state index in [2.05, 4.69) is 26.1 Å². The molecule has 0 bridgehead atoms. The molecular weight excluding hydrogens is 731 g/mol. The van der Waals surface area contributed by atoms with Gasteiger partial charge in [0.25, 0.3) is 0 Å². The van der Waals surface area contributed by atoms with Crippen LogP contribution in [0.25, 0.3) is 0 Å². The summed E-state index contributed by atoms with van der Waals surface area (Å²) in [6, 6.07) is -0.691. The first-order valence-corrected chi connectivity index (χ1v) is 26.8. The van der Waals surface area contributed by atoms with Gasteiger partial charge in [-0.15, -0.1) is 0 Å². The molecule has 1 amide bonds. The maximum Gasteiger partial charge on any atom is 0.306 e. The predicted octanol–water partition coefficient (Wildman–Crippen LogP) is 16.0. The summed E-state index contributed by atoms with van der Waals surface area (Å²) in [6.07, 6.45) is 51.7. The van der Waals surface area contributed by atoms with Crippen LogP contribution in [0, 0.1) is 0 Å². The zero-order valence-corrected chi connectivity index (χ0v) is 40.2. The fourth-order valence-corrected chi connectivity index (χ4v) is 8.61. The molecule has 6 heteroatoms. The van der Waals surface area contributed by atoms with Gasteiger partial charge in [0.05, 0.1) is 25.2 Å². The van der Waals surface area contributed by atoms with Gasteiger partial charge in [0.2, 0.25) is 5.91 Å². The first-order valence-electron chi connectivity index (χ1n) is 26.8. The average molecular weight is 836 g/mol. The summed E-state index contributed by atoms with van der Waals surface area (Å²) in [6.45, 7) is 6.50. The number of aliphatic hydroxyl groups excluding tert-OH is 2.